The summed E-state index contributed by atoms with van der Waals surface area (Å²) >= 11 is 3.41. The zero-order chi connectivity index (χ0) is 21.8. The van der Waals surface area contributed by atoms with E-state index < -0.39 is 5.63 Å². The van der Waals surface area contributed by atoms with Crippen LogP contribution in [0.4, 0.5) is 5.69 Å². The van der Waals surface area contributed by atoms with Gasteiger partial charge in [0.1, 0.15) is 11.3 Å². The smallest absolute Gasteiger partial charge is 0.344 e. The Labute approximate surface area is 187 Å². The van der Waals surface area contributed by atoms with Gasteiger partial charge in [-0.2, -0.15) is 0 Å². The van der Waals surface area contributed by atoms with Crippen LogP contribution >= 0.6 is 15.9 Å². The van der Waals surface area contributed by atoms with Crippen LogP contribution < -0.4 is 15.7 Å². The zero-order valence-corrected chi connectivity index (χ0v) is 18.2. The third kappa shape index (κ3) is 4.75. The van der Waals surface area contributed by atoms with Crippen LogP contribution in [-0.2, 0) is 4.79 Å². The summed E-state index contributed by atoms with van der Waals surface area (Å²) in [6.45, 7) is 0. The quantitative estimate of drug-likeness (QED) is 0.289. The number of fused-ring (bicyclic) bond motifs is 1. The molecule has 0 aliphatic heterocycles. The van der Waals surface area contributed by atoms with Gasteiger partial charge in [0.05, 0.1) is 12.7 Å². The van der Waals surface area contributed by atoms with Gasteiger partial charge < -0.3 is 14.5 Å². The summed E-state index contributed by atoms with van der Waals surface area (Å²) in [5.74, 6) is 0.394. The van der Waals surface area contributed by atoms with Gasteiger partial charge in [0.25, 0.3) is 0 Å². The predicted molar refractivity (Wildman–Crippen MR) is 126 cm³/mol. The van der Waals surface area contributed by atoms with E-state index in [9.17, 15) is 9.59 Å². The third-order valence-electron chi connectivity index (χ3n) is 4.71. The number of hydrogen-bond acceptors (Lipinski definition) is 4. The first-order valence-corrected chi connectivity index (χ1v) is 10.3. The van der Waals surface area contributed by atoms with Crippen molar-refractivity contribution in [2.75, 3.05) is 12.4 Å². The average Bonchev–Trinajstić information content (AvgIpc) is 2.78. The van der Waals surface area contributed by atoms with Crippen LogP contribution in [0.3, 0.4) is 0 Å². The Morgan fingerprint density at radius 3 is 2.58 bits per heavy atom. The molecule has 3 aromatic carbocycles. The fourth-order valence-electron chi connectivity index (χ4n) is 3.18. The summed E-state index contributed by atoms with van der Waals surface area (Å²) in [5.41, 5.74) is 2.73. The number of halogens is 1. The average molecular weight is 476 g/mol. The summed E-state index contributed by atoms with van der Waals surface area (Å²) in [7, 11) is 1.58. The highest BCUT2D eigenvalue weighted by molar-refractivity contribution is 9.10. The largest absolute Gasteiger partial charge is 0.496 e. The zero-order valence-electron chi connectivity index (χ0n) is 16.6. The van der Waals surface area contributed by atoms with Gasteiger partial charge in [0.15, 0.2) is 0 Å². The molecule has 0 saturated heterocycles. The molecule has 1 aromatic heterocycles. The standard InChI is InChI=1S/C25H18BrNO4/c1-30-22-12-9-19(26)14-18(22)8-13-24(28)27-20-10-6-16(7-11-20)21-15-17-4-2-3-5-23(17)31-25(21)29/h2-15H,1H3,(H,27,28)/b13-8+. The minimum absolute atomic E-state index is 0.278. The predicted octanol–water partition coefficient (Wildman–Crippen LogP) is 5.88. The topological polar surface area (TPSA) is 68.5 Å². The van der Waals surface area contributed by atoms with Gasteiger partial charge in [-0.1, -0.05) is 46.3 Å². The lowest BCUT2D eigenvalue weighted by Crippen LogP contribution is -2.08. The van der Waals surface area contributed by atoms with E-state index in [0.717, 1.165) is 15.4 Å². The van der Waals surface area contributed by atoms with E-state index in [4.69, 9.17) is 9.15 Å². The van der Waals surface area contributed by atoms with Crippen LogP contribution in [0.5, 0.6) is 5.75 Å². The van der Waals surface area contributed by atoms with Gasteiger partial charge in [0.2, 0.25) is 5.91 Å². The minimum atomic E-state index is -0.401. The number of anilines is 1. The molecule has 0 aliphatic rings. The minimum Gasteiger partial charge on any atom is -0.496 e. The molecule has 4 aromatic rings. The number of hydrogen-bond donors (Lipinski definition) is 1. The first-order chi connectivity index (χ1) is 15.0. The van der Waals surface area contributed by atoms with E-state index >= 15 is 0 Å². The lowest BCUT2D eigenvalue weighted by atomic mass is 10.1. The molecule has 0 fully saturated rings. The highest BCUT2D eigenvalue weighted by atomic mass is 79.9. The van der Waals surface area contributed by atoms with Crippen LogP contribution in [-0.4, -0.2) is 13.0 Å². The Hall–Kier alpha value is -3.64. The molecule has 1 heterocycles. The summed E-state index contributed by atoms with van der Waals surface area (Å²) in [6.07, 6.45) is 3.13. The van der Waals surface area contributed by atoms with E-state index in [1.54, 1.807) is 43.5 Å². The lowest BCUT2D eigenvalue weighted by Gasteiger charge is -2.06. The van der Waals surface area contributed by atoms with E-state index in [1.165, 1.54) is 6.08 Å². The second kappa shape index (κ2) is 9.02. The molecule has 0 aliphatic carbocycles. The molecule has 154 valence electrons. The third-order valence-corrected chi connectivity index (χ3v) is 5.20. The molecular weight excluding hydrogens is 458 g/mol. The SMILES string of the molecule is COc1ccc(Br)cc1/C=C/C(=O)Nc1ccc(-c2cc3ccccc3oc2=O)cc1. The number of nitrogens with one attached hydrogen (secondary N) is 1. The number of carbonyl (C=O) groups is 1. The van der Waals surface area contributed by atoms with Gasteiger partial charge in [-0.3, -0.25) is 4.79 Å². The molecule has 0 bridgehead atoms. The van der Waals surface area contributed by atoms with Crippen molar-refractivity contribution in [2.45, 2.75) is 0 Å². The first kappa shape index (κ1) is 20.6. The fraction of sp³-hybridized carbons (Fsp3) is 0.0400. The molecule has 5 nitrogen and oxygen atoms in total. The summed E-state index contributed by atoms with van der Waals surface area (Å²) < 4.78 is 11.6. The Morgan fingerprint density at radius 1 is 1.03 bits per heavy atom. The Balaban J connectivity index is 1.50. The molecule has 31 heavy (non-hydrogen) atoms. The molecular formula is C25H18BrNO4. The lowest BCUT2D eigenvalue weighted by molar-refractivity contribution is -0.111. The van der Waals surface area contributed by atoms with Crippen molar-refractivity contribution in [3.05, 3.63) is 99.3 Å². The summed E-state index contributed by atoms with van der Waals surface area (Å²) in [6, 6.07) is 21.8. The number of ether oxygens (including phenoxy) is 1. The van der Waals surface area contributed by atoms with Gasteiger partial charge >= 0.3 is 5.63 Å². The van der Waals surface area contributed by atoms with E-state index in [-0.39, 0.29) is 5.91 Å². The fourth-order valence-corrected chi connectivity index (χ4v) is 3.56. The molecule has 0 radical (unpaired) electrons. The number of carbonyl (C=O) groups excluding carboxylic acids is 1. The molecule has 1 amide bonds. The molecule has 1 N–H and O–H groups in total. The monoisotopic (exact) mass is 475 g/mol. The second-order valence-corrected chi connectivity index (χ2v) is 7.69. The number of para-hydroxylation sites is 1. The van der Waals surface area contributed by atoms with Crippen molar-refractivity contribution < 1.29 is 13.9 Å². The van der Waals surface area contributed by atoms with Crippen LogP contribution in [0.25, 0.3) is 28.2 Å². The maximum atomic E-state index is 12.3. The molecule has 6 heteroatoms. The van der Waals surface area contributed by atoms with Gasteiger partial charge in [-0.15, -0.1) is 0 Å². The van der Waals surface area contributed by atoms with Crippen molar-refractivity contribution in [2.24, 2.45) is 0 Å². The Bertz CT molecular complexity index is 1340. The van der Waals surface area contributed by atoms with Gasteiger partial charge in [0, 0.05) is 27.2 Å². The first-order valence-electron chi connectivity index (χ1n) is 9.49. The van der Waals surface area contributed by atoms with Gasteiger partial charge in [-0.25, -0.2) is 4.79 Å². The van der Waals surface area contributed by atoms with Crippen molar-refractivity contribution >= 4 is 44.6 Å². The van der Waals surface area contributed by atoms with E-state index in [1.807, 2.05) is 42.5 Å². The van der Waals surface area contributed by atoms with Crippen LogP contribution in [0, 0.1) is 0 Å². The summed E-state index contributed by atoms with van der Waals surface area (Å²) in [4.78, 5) is 24.6. The normalized spacial score (nSPS) is 11.0. The molecule has 0 unspecified atom stereocenters. The Morgan fingerprint density at radius 2 is 1.81 bits per heavy atom. The molecule has 0 atom stereocenters. The van der Waals surface area contributed by atoms with E-state index in [0.29, 0.717) is 28.1 Å². The molecule has 0 spiro atoms. The van der Waals surface area contributed by atoms with Crippen molar-refractivity contribution in [3.63, 3.8) is 0 Å². The van der Waals surface area contributed by atoms with Crippen LogP contribution in [0.2, 0.25) is 0 Å². The number of benzene rings is 3. The number of methoxy groups -OCH3 is 1. The van der Waals surface area contributed by atoms with Crippen molar-refractivity contribution in [3.8, 4) is 16.9 Å². The highest BCUT2D eigenvalue weighted by Gasteiger charge is 2.08. The summed E-state index contributed by atoms with van der Waals surface area (Å²) in [5, 5.41) is 3.66. The number of amides is 1. The Kier molecular flexibility index (Phi) is 6.00. The van der Waals surface area contributed by atoms with Crippen molar-refractivity contribution in [1.29, 1.82) is 0 Å². The van der Waals surface area contributed by atoms with Crippen molar-refractivity contribution in [1.82, 2.24) is 0 Å². The maximum absolute atomic E-state index is 12.3. The maximum Gasteiger partial charge on any atom is 0.344 e. The highest BCUT2D eigenvalue weighted by Crippen LogP contribution is 2.25. The molecule has 4 rings (SSSR count). The second-order valence-electron chi connectivity index (χ2n) is 6.77. The van der Waals surface area contributed by atoms with Gasteiger partial charge in [-0.05, 0) is 54.1 Å². The molecule has 0 saturated carbocycles. The number of rotatable bonds is 5. The van der Waals surface area contributed by atoms with E-state index in [2.05, 4.69) is 21.2 Å². The van der Waals surface area contributed by atoms with Crippen LogP contribution in [0.15, 0.2) is 92.6 Å². The van der Waals surface area contributed by atoms with Crippen LogP contribution in [0.1, 0.15) is 5.56 Å².